The fourth-order valence-electron chi connectivity index (χ4n) is 10.6. The van der Waals surface area contributed by atoms with E-state index in [4.69, 9.17) is 8.85 Å². The maximum absolute atomic E-state index is 7.40. The van der Waals surface area contributed by atoms with Gasteiger partial charge in [0.25, 0.3) is 0 Å². The molecule has 4 heteroatoms. The second kappa shape index (κ2) is 10.6. The van der Waals surface area contributed by atoms with E-state index >= 15 is 0 Å². The minimum Gasteiger partial charge on any atom is -0.415 e. The molecule has 4 fully saturated rings. The first kappa shape index (κ1) is 30.3. The summed E-state index contributed by atoms with van der Waals surface area (Å²) in [6.07, 6.45) is 17.0. The van der Waals surface area contributed by atoms with Gasteiger partial charge < -0.3 is 8.85 Å². The normalized spacial score (nSPS) is 43.3. The van der Waals surface area contributed by atoms with Crippen LogP contribution >= 0.6 is 0 Å². The van der Waals surface area contributed by atoms with Gasteiger partial charge >= 0.3 is 0 Å². The van der Waals surface area contributed by atoms with Crippen LogP contribution in [-0.2, 0) is 8.85 Å². The minimum absolute atomic E-state index is 0.0388. The molecule has 216 valence electrons. The lowest BCUT2D eigenvalue weighted by atomic mass is 9.43. The molecule has 0 unspecified atom stereocenters. The topological polar surface area (TPSA) is 18.5 Å². The highest BCUT2D eigenvalue weighted by atomic mass is 28.4. The van der Waals surface area contributed by atoms with E-state index in [0.29, 0.717) is 16.9 Å². The van der Waals surface area contributed by atoms with Crippen molar-refractivity contribution in [3.8, 4) is 0 Å². The van der Waals surface area contributed by atoms with Gasteiger partial charge in [-0.3, -0.25) is 0 Å². The molecule has 4 rings (SSSR count). The summed E-state index contributed by atoms with van der Waals surface area (Å²) in [7, 11) is -3.24. The van der Waals surface area contributed by atoms with Crippen molar-refractivity contribution in [1.82, 2.24) is 0 Å². The summed E-state index contributed by atoms with van der Waals surface area (Å²) in [5, 5.41) is 0. The van der Waals surface area contributed by atoms with Crippen LogP contribution in [-0.4, -0.2) is 28.3 Å². The van der Waals surface area contributed by atoms with Crippen LogP contribution in [0.3, 0.4) is 0 Å². The van der Waals surface area contributed by atoms with Gasteiger partial charge in [0.2, 0.25) is 0 Å². The highest BCUT2D eigenvalue weighted by molar-refractivity contribution is 6.70. The molecule has 4 aliphatic rings. The van der Waals surface area contributed by atoms with Gasteiger partial charge in [0, 0.05) is 12.5 Å². The van der Waals surface area contributed by atoms with Crippen LogP contribution in [0.25, 0.3) is 0 Å². The zero-order valence-electron chi connectivity index (χ0n) is 26.8. The molecule has 0 N–H and O–H groups in total. The molecule has 0 aliphatic heterocycles. The molecule has 37 heavy (non-hydrogen) atoms. The monoisotopic (exact) mass is 548 g/mol. The Hall–Kier alpha value is 0.354. The van der Waals surface area contributed by atoms with Crippen LogP contribution < -0.4 is 0 Å². The smallest absolute Gasteiger partial charge is 0.184 e. The zero-order valence-corrected chi connectivity index (χ0v) is 28.8. The second-order valence-corrected chi connectivity index (χ2v) is 26.1. The summed E-state index contributed by atoms with van der Waals surface area (Å²) < 4.78 is 14.2. The van der Waals surface area contributed by atoms with Crippen LogP contribution in [0.4, 0.5) is 0 Å². The van der Waals surface area contributed by atoms with Gasteiger partial charge in [-0.25, -0.2) is 0 Å². The van der Waals surface area contributed by atoms with Crippen LogP contribution in [0, 0.1) is 46.3 Å². The Labute approximate surface area is 234 Å². The van der Waals surface area contributed by atoms with E-state index in [9.17, 15) is 0 Å². The van der Waals surface area contributed by atoms with Gasteiger partial charge in [-0.1, -0.05) is 53.9 Å². The van der Waals surface area contributed by atoms with Crippen molar-refractivity contribution in [3.05, 3.63) is 0 Å². The zero-order chi connectivity index (χ0) is 27.4. The van der Waals surface area contributed by atoms with Crippen molar-refractivity contribution in [2.45, 2.75) is 163 Å². The molecule has 0 bridgehead atoms. The third kappa shape index (κ3) is 6.03. The summed E-state index contributed by atoms with van der Waals surface area (Å²) in [6.45, 7) is 27.2. The van der Waals surface area contributed by atoms with E-state index in [2.05, 4.69) is 73.9 Å². The lowest BCUT2D eigenvalue weighted by Gasteiger charge is -2.67. The first-order valence-corrected chi connectivity index (χ1v) is 23.2. The Balaban J connectivity index is 1.55. The molecule has 0 spiro atoms. The summed E-state index contributed by atoms with van der Waals surface area (Å²) in [4.78, 5) is 0. The lowest BCUT2D eigenvalue weighted by molar-refractivity contribution is -0.209. The second-order valence-electron chi connectivity index (χ2n) is 17.2. The van der Waals surface area contributed by atoms with Crippen molar-refractivity contribution in [3.63, 3.8) is 0 Å². The van der Waals surface area contributed by atoms with Crippen molar-refractivity contribution in [2.24, 2.45) is 46.3 Å². The van der Waals surface area contributed by atoms with Gasteiger partial charge in [-0.15, -0.1) is 0 Å². The summed E-state index contributed by atoms with van der Waals surface area (Å²) in [6, 6.07) is 0. The number of fused-ring (bicyclic) bond motifs is 5. The van der Waals surface area contributed by atoms with Crippen LogP contribution in [0.15, 0.2) is 0 Å². The average molecular weight is 549 g/mol. The largest absolute Gasteiger partial charge is 0.415 e. The number of rotatable bonds is 9. The van der Waals surface area contributed by atoms with Gasteiger partial charge in [0.1, 0.15) is 0 Å². The first-order valence-electron chi connectivity index (χ1n) is 16.4. The third-order valence-corrected chi connectivity index (χ3v) is 14.0. The Morgan fingerprint density at radius 3 is 2.08 bits per heavy atom. The van der Waals surface area contributed by atoms with Gasteiger partial charge in [0.15, 0.2) is 16.6 Å². The molecule has 0 aromatic rings. The molecule has 4 saturated carbocycles. The minimum atomic E-state index is -1.69. The molecule has 0 radical (unpaired) electrons. The van der Waals surface area contributed by atoms with Gasteiger partial charge in [0.05, 0.1) is 5.60 Å². The lowest BCUT2D eigenvalue weighted by Crippen LogP contribution is -2.66. The molecule has 0 aromatic carbocycles. The molecule has 9 atom stereocenters. The quantitative estimate of drug-likeness (QED) is 0.267. The molecule has 4 aliphatic carbocycles. The summed E-state index contributed by atoms with van der Waals surface area (Å²) in [5.74, 6) is 5.41. The highest BCUT2D eigenvalue weighted by Gasteiger charge is 2.66. The molecule has 0 heterocycles. The molecular formula is C33H64O2Si2. The predicted octanol–water partition coefficient (Wildman–Crippen LogP) is 10.3. The SMILES string of the molecule is CC(C)CCC[C@@H](C)[C@H]1CC[C@H]2[C@@H]3CC[C@@]4(O[Si](C)(C)C)C[C@@H](O[Si](C)(C)C)CC[C@]4(C)[C@H]3CC[C@]12C. The van der Waals surface area contributed by atoms with Crippen LogP contribution in [0.5, 0.6) is 0 Å². The van der Waals surface area contributed by atoms with Crippen LogP contribution in [0.1, 0.15) is 112 Å². The highest BCUT2D eigenvalue weighted by Crippen LogP contribution is 2.70. The van der Waals surface area contributed by atoms with Crippen LogP contribution in [0.2, 0.25) is 39.3 Å². The maximum Gasteiger partial charge on any atom is 0.184 e. The Bertz CT molecular complexity index is 784. The first-order chi connectivity index (χ1) is 17.0. The van der Waals surface area contributed by atoms with E-state index < -0.39 is 16.6 Å². The van der Waals surface area contributed by atoms with Crippen molar-refractivity contribution in [1.29, 1.82) is 0 Å². The number of hydrogen-bond acceptors (Lipinski definition) is 2. The van der Waals surface area contributed by atoms with E-state index in [0.717, 1.165) is 41.9 Å². The fourth-order valence-corrected chi connectivity index (χ4v) is 13.4. The van der Waals surface area contributed by atoms with E-state index in [-0.39, 0.29) is 5.60 Å². The number of hydrogen-bond donors (Lipinski definition) is 0. The maximum atomic E-state index is 7.40. The van der Waals surface area contributed by atoms with E-state index in [1.807, 2.05) is 0 Å². The fraction of sp³-hybridized carbons (Fsp3) is 1.00. The van der Waals surface area contributed by atoms with E-state index in [1.54, 1.807) is 0 Å². The molecule has 0 amide bonds. The summed E-state index contributed by atoms with van der Waals surface area (Å²) in [5.41, 5.74) is 0.932. The van der Waals surface area contributed by atoms with Crippen molar-refractivity contribution < 1.29 is 8.85 Å². The van der Waals surface area contributed by atoms with Gasteiger partial charge in [-0.05, 0) is 137 Å². The Morgan fingerprint density at radius 1 is 0.757 bits per heavy atom. The predicted molar refractivity (Wildman–Crippen MR) is 165 cm³/mol. The van der Waals surface area contributed by atoms with Crippen molar-refractivity contribution >= 4 is 16.6 Å². The molecule has 0 aromatic heterocycles. The average Bonchev–Trinajstić information content (AvgIpc) is 3.09. The Kier molecular flexibility index (Phi) is 8.72. The van der Waals surface area contributed by atoms with E-state index in [1.165, 1.54) is 70.6 Å². The summed E-state index contributed by atoms with van der Waals surface area (Å²) >= 11 is 0. The van der Waals surface area contributed by atoms with Gasteiger partial charge in [-0.2, -0.15) is 0 Å². The van der Waals surface area contributed by atoms with Crippen molar-refractivity contribution in [2.75, 3.05) is 0 Å². The molecule has 2 nitrogen and oxygen atoms in total. The molecular weight excluding hydrogens is 485 g/mol. The Morgan fingerprint density at radius 2 is 1.46 bits per heavy atom. The third-order valence-electron chi connectivity index (χ3n) is 11.9. The molecule has 0 saturated heterocycles. The standard InChI is InChI=1S/C33H64O2Si2/c1-24(2)13-12-14-25(3)28-15-16-29-27-18-22-33(35-37(9,10)11)23-26(34-36(6,7)8)17-21-32(33,5)30(27)19-20-31(28,29)4/h24-30H,12-23H2,1-11H3/t25-,26+,27+,28-,29+,30+,31-,32-,33-/m1/s1.